The fourth-order valence-corrected chi connectivity index (χ4v) is 3.47. The first-order valence-corrected chi connectivity index (χ1v) is 9.56. The summed E-state index contributed by atoms with van der Waals surface area (Å²) in [7, 11) is 0. The van der Waals surface area contributed by atoms with E-state index >= 15 is 4.39 Å². The second-order valence-electron chi connectivity index (χ2n) is 7.84. The third-order valence-electron chi connectivity index (χ3n) is 5.54. The van der Waals surface area contributed by atoms with Crippen molar-refractivity contribution in [3.63, 3.8) is 0 Å². The molecule has 0 saturated heterocycles. The van der Waals surface area contributed by atoms with Crippen molar-refractivity contribution in [1.82, 2.24) is 9.88 Å². The molecule has 4 rings (SSSR count). The van der Waals surface area contributed by atoms with Gasteiger partial charge < -0.3 is 9.64 Å². The van der Waals surface area contributed by atoms with Crippen molar-refractivity contribution >= 4 is 11.5 Å². The molecule has 150 valence electrons. The summed E-state index contributed by atoms with van der Waals surface area (Å²) in [6.07, 6.45) is 1.93. The topological polar surface area (TPSA) is 90.0 Å². The quantitative estimate of drug-likeness (QED) is 0.726. The van der Waals surface area contributed by atoms with Gasteiger partial charge in [-0.15, -0.1) is 0 Å². The van der Waals surface area contributed by atoms with Crippen molar-refractivity contribution in [3.05, 3.63) is 70.8 Å². The SMILES string of the molecule is C=C(C)c1cc(F)c2c(c1)C(=O)N(Cc1ccc(C#N)cn1)C2OCC1(C#N)CC1. The zero-order valence-corrected chi connectivity index (χ0v) is 16.5. The number of carbonyl (C=O) groups is 1. The molecule has 0 spiro atoms. The number of allylic oxidation sites excluding steroid dienone is 1. The van der Waals surface area contributed by atoms with Gasteiger partial charge in [-0.05, 0) is 49.6 Å². The van der Waals surface area contributed by atoms with Crippen LogP contribution in [0.5, 0.6) is 0 Å². The van der Waals surface area contributed by atoms with Gasteiger partial charge in [-0.3, -0.25) is 9.78 Å². The van der Waals surface area contributed by atoms with Crippen LogP contribution >= 0.6 is 0 Å². The van der Waals surface area contributed by atoms with E-state index < -0.39 is 17.5 Å². The number of aromatic nitrogens is 1. The molecule has 6 nitrogen and oxygen atoms in total. The predicted octanol–water partition coefficient (Wildman–Crippen LogP) is 4.10. The van der Waals surface area contributed by atoms with Gasteiger partial charge >= 0.3 is 0 Å². The summed E-state index contributed by atoms with van der Waals surface area (Å²) in [4.78, 5) is 18.8. The number of nitrogens with zero attached hydrogens (tertiary/aromatic N) is 4. The summed E-state index contributed by atoms with van der Waals surface area (Å²) in [6, 6.07) is 10.5. The van der Waals surface area contributed by atoms with Crippen LogP contribution in [0.1, 0.15) is 58.7 Å². The first-order valence-electron chi connectivity index (χ1n) is 9.56. The third-order valence-corrected chi connectivity index (χ3v) is 5.54. The molecule has 7 heteroatoms. The maximum atomic E-state index is 15.0. The molecule has 1 fully saturated rings. The highest BCUT2D eigenvalue weighted by atomic mass is 19.1. The molecular weight excluding hydrogens is 383 g/mol. The Labute approximate surface area is 173 Å². The fourth-order valence-electron chi connectivity index (χ4n) is 3.47. The van der Waals surface area contributed by atoms with Gasteiger partial charge in [0.2, 0.25) is 0 Å². The Kier molecular flexibility index (Phi) is 4.85. The zero-order valence-electron chi connectivity index (χ0n) is 16.5. The number of nitriles is 2. The Morgan fingerprint density at radius 3 is 2.73 bits per heavy atom. The molecule has 2 heterocycles. The van der Waals surface area contributed by atoms with E-state index in [9.17, 15) is 10.1 Å². The summed E-state index contributed by atoms with van der Waals surface area (Å²) in [5.41, 5.74) is 2.00. The minimum absolute atomic E-state index is 0.0886. The lowest BCUT2D eigenvalue weighted by molar-refractivity contribution is -0.0552. The van der Waals surface area contributed by atoms with E-state index in [0.29, 0.717) is 22.4 Å². The molecule has 1 aliphatic heterocycles. The smallest absolute Gasteiger partial charge is 0.257 e. The summed E-state index contributed by atoms with van der Waals surface area (Å²) < 4.78 is 21.0. The molecule has 1 aromatic carbocycles. The van der Waals surface area contributed by atoms with E-state index in [0.717, 1.165) is 12.8 Å². The molecule has 1 aromatic heterocycles. The number of ether oxygens (including phenoxy) is 1. The van der Waals surface area contributed by atoms with Crippen molar-refractivity contribution in [2.24, 2.45) is 5.41 Å². The number of amides is 1. The fraction of sp³-hybridized carbons (Fsp3) is 0.304. The highest BCUT2D eigenvalue weighted by molar-refractivity contribution is 5.99. The van der Waals surface area contributed by atoms with Gasteiger partial charge in [-0.25, -0.2) is 4.39 Å². The third kappa shape index (κ3) is 3.45. The number of benzene rings is 1. The van der Waals surface area contributed by atoms with Gasteiger partial charge in [0.15, 0.2) is 6.23 Å². The monoisotopic (exact) mass is 402 g/mol. The minimum Gasteiger partial charge on any atom is -0.352 e. The Morgan fingerprint density at radius 1 is 1.40 bits per heavy atom. The summed E-state index contributed by atoms with van der Waals surface area (Å²) in [5.74, 6) is -0.911. The van der Waals surface area contributed by atoms with Crippen LogP contribution in [0.15, 0.2) is 37.0 Å². The van der Waals surface area contributed by atoms with Gasteiger partial charge in [0.25, 0.3) is 5.91 Å². The molecule has 1 aliphatic carbocycles. The molecule has 1 saturated carbocycles. The van der Waals surface area contributed by atoms with Gasteiger partial charge in [0.05, 0.1) is 41.5 Å². The molecule has 0 radical (unpaired) electrons. The number of pyridine rings is 1. The van der Waals surface area contributed by atoms with E-state index in [1.54, 1.807) is 25.1 Å². The lowest BCUT2D eigenvalue weighted by Gasteiger charge is -2.26. The second-order valence-corrected chi connectivity index (χ2v) is 7.84. The van der Waals surface area contributed by atoms with Crippen LogP contribution in [-0.2, 0) is 11.3 Å². The zero-order chi connectivity index (χ0) is 21.5. The number of halogens is 1. The van der Waals surface area contributed by atoms with Crippen LogP contribution in [0.2, 0.25) is 0 Å². The van der Waals surface area contributed by atoms with Crippen molar-refractivity contribution < 1.29 is 13.9 Å². The van der Waals surface area contributed by atoms with Crippen molar-refractivity contribution in [2.75, 3.05) is 6.61 Å². The van der Waals surface area contributed by atoms with Crippen LogP contribution in [0.3, 0.4) is 0 Å². The first kappa shape index (κ1) is 19.8. The Morgan fingerprint density at radius 2 is 2.17 bits per heavy atom. The lowest BCUT2D eigenvalue weighted by atomic mass is 10.0. The molecule has 0 bridgehead atoms. The van der Waals surface area contributed by atoms with Gasteiger partial charge in [-0.2, -0.15) is 10.5 Å². The first-order chi connectivity index (χ1) is 14.4. The van der Waals surface area contributed by atoms with Gasteiger partial charge in [0, 0.05) is 11.8 Å². The Hall–Kier alpha value is -3.55. The van der Waals surface area contributed by atoms with Crippen LogP contribution in [0, 0.1) is 33.9 Å². The van der Waals surface area contributed by atoms with E-state index in [1.165, 1.54) is 17.2 Å². The molecule has 0 N–H and O–H groups in total. The number of fused-ring (bicyclic) bond motifs is 1. The van der Waals surface area contributed by atoms with E-state index in [1.807, 2.05) is 6.07 Å². The standard InChI is InChI=1S/C23H19FN4O2/c1-14(2)16-7-18-20(19(24)8-16)22(30-13-23(12-26)5-6-23)28(21(18)29)11-17-4-3-15(9-25)10-27-17/h3-4,7-8,10,22H,1,5-6,11,13H2,2H3. The van der Waals surface area contributed by atoms with Crippen LogP contribution in [0.25, 0.3) is 5.57 Å². The van der Waals surface area contributed by atoms with Crippen LogP contribution < -0.4 is 0 Å². The number of hydrogen-bond acceptors (Lipinski definition) is 5. The predicted molar refractivity (Wildman–Crippen MR) is 106 cm³/mol. The summed E-state index contributed by atoms with van der Waals surface area (Å²) >= 11 is 0. The van der Waals surface area contributed by atoms with Gasteiger partial charge in [0.1, 0.15) is 11.9 Å². The van der Waals surface area contributed by atoms with E-state index in [2.05, 4.69) is 17.6 Å². The normalized spacial score (nSPS) is 18.5. The molecule has 1 unspecified atom stereocenters. The second kappa shape index (κ2) is 7.37. The molecular formula is C23H19FN4O2. The molecule has 1 amide bonds. The van der Waals surface area contributed by atoms with Crippen molar-refractivity contribution in [3.8, 4) is 12.1 Å². The van der Waals surface area contributed by atoms with Crippen LogP contribution in [-0.4, -0.2) is 22.4 Å². The summed E-state index contributed by atoms with van der Waals surface area (Å²) in [5, 5.41) is 18.3. The van der Waals surface area contributed by atoms with Crippen molar-refractivity contribution in [1.29, 1.82) is 10.5 Å². The average Bonchev–Trinajstić information content (AvgIpc) is 3.48. The maximum absolute atomic E-state index is 15.0. The molecule has 1 atom stereocenters. The maximum Gasteiger partial charge on any atom is 0.257 e. The van der Waals surface area contributed by atoms with E-state index in [-0.39, 0.29) is 30.2 Å². The number of carbonyl (C=O) groups excluding carboxylic acids is 1. The molecule has 2 aromatic rings. The molecule has 2 aliphatic rings. The number of rotatable bonds is 6. The molecule has 30 heavy (non-hydrogen) atoms. The minimum atomic E-state index is -0.949. The Balaban J connectivity index is 1.69. The average molecular weight is 402 g/mol. The highest BCUT2D eigenvalue weighted by Gasteiger charge is 2.47. The Bertz CT molecular complexity index is 1120. The van der Waals surface area contributed by atoms with Crippen LogP contribution in [0.4, 0.5) is 4.39 Å². The largest absolute Gasteiger partial charge is 0.352 e. The van der Waals surface area contributed by atoms with E-state index in [4.69, 9.17) is 10.00 Å². The van der Waals surface area contributed by atoms with Gasteiger partial charge in [-0.1, -0.05) is 12.2 Å². The highest BCUT2D eigenvalue weighted by Crippen LogP contribution is 2.47. The lowest BCUT2D eigenvalue weighted by Crippen LogP contribution is -2.31. The summed E-state index contributed by atoms with van der Waals surface area (Å²) in [6.45, 7) is 5.79. The number of hydrogen-bond donors (Lipinski definition) is 0. The van der Waals surface area contributed by atoms with Crippen molar-refractivity contribution in [2.45, 2.75) is 32.5 Å².